The van der Waals surface area contributed by atoms with Crippen LogP contribution in [-0.4, -0.2) is 33.3 Å². The van der Waals surface area contributed by atoms with Crippen LogP contribution in [0.4, 0.5) is 26.3 Å². The van der Waals surface area contributed by atoms with Crippen LogP contribution >= 0.6 is 0 Å². The fraction of sp³-hybridized carbons (Fsp3) is 0.600. The lowest BCUT2D eigenvalue weighted by Crippen LogP contribution is -2.59. The van der Waals surface area contributed by atoms with Crippen LogP contribution in [0.25, 0.3) is 0 Å². The van der Waals surface area contributed by atoms with Gasteiger partial charge in [0.1, 0.15) is 5.75 Å². The first-order chi connectivity index (χ1) is 12.7. The minimum absolute atomic E-state index is 0.164. The average molecular weight is 454 g/mol. The molecule has 0 saturated heterocycles. The average Bonchev–Trinajstić information content (AvgIpc) is 2.62. The predicted octanol–water partition coefficient (Wildman–Crippen LogP) is 3.88. The Labute approximate surface area is 158 Å². The number of benzene rings is 1. The van der Waals surface area contributed by atoms with Crippen LogP contribution in [0.2, 0.25) is 0 Å². The van der Waals surface area contributed by atoms with Gasteiger partial charge in [-0.15, -0.1) is 0 Å². The highest BCUT2D eigenvalue weighted by Crippen LogP contribution is 2.49. The van der Waals surface area contributed by atoms with Crippen LogP contribution in [0.1, 0.15) is 43.6 Å². The second-order valence-corrected chi connectivity index (χ2v) is 8.99. The number of hydrogen-bond donors (Lipinski definition) is 1. The van der Waals surface area contributed by atoms with Crippen LogP contribution in [0, 0.1) is 0 Å². The minimum Gasteiger partial charge on any atom is -0.378 e. The Morgan fingerprint density at radius 2 is 1.39 bits per heavy atom. The fourth-order valence-electron chi connectivity index (χ4n) is 2.86. The molecule has 2 rings (SSSR count). The maximum Gasteiger partial charge on any atom is 0.450 e. The van der Waals surface area contributed by atoms with E-state index < -0.39 is 43.0 Å². The molecule has 0 spiro atoms. The Morgan fingerprint density at radius 1 is 0.893 bits per heavy atom. The Kier molecular flexibility index (Phi) is 6.29. The number of alkyl halides is 6. The molecular formula is C15H16F6O5S2. The third-order valence-corrected chi connectivity index (χ3v) is 6.48. The van der Waals surface area contributed by atoms with Gasteiger partial charge in [0.2, 0.25) is 10.7 Å². The highest BCUT2D eigenvalue weighted by atomic mass is 32.2. The molecule has 13 heteroatoms. The van der Waals surface area contributed by atoms with Gasteiger partial charge in [-0.2, -0.15) is 34.8 Å². The summed E-state index contributed by atoms with van der Waals surface area (Å²) < 4.78 is 128. The summed E-state index contributed by atoms with van der Waals surface area (Å²) >= 11 is 0. The highest BCUT2D eigenvalue weighted by Gasteiger charge is 2.80. The van der Waals surface area contributed by atoms with Gasteiger partial charge >= 0.3 is 26.5 Å². The molecule has 0 aromatic heterocycles. The molecule has 1 aliphatic carbocycles. The largest absolute Gasteiger partial charge is 0.450 e. The summed E-state index contributed by atoms with van der Waals surface area (Å²) in [4.78, 5) is 0. The van der Waals surface area contributed by atoms with E-state index in [1.165, 1.54) is 12.1 Å². The number of halogens is 6. The van der Waals surface area contributed by atoms with Crippen LogP contribution in [0.5, 0.6) is 5.75 Å². The molecule has 1 aromatic rings. The zero-order valence-electron chi connectivity index (χ0n) is 14.1. The van der Waals surface area contributed by atoms with Gasteiger partial charge in [0.25, 0.3) is 0 Å². The minimum atomic E-state index is -6.75. The van der Waals surface area contributed by atoms with E-state index in [1.54, 1.807) is 0 Å². The normalized spacial score (nSPS) is 17.7. The monoisotopic (exact) mass is 454 g/mol. The molecule has 1 fully saturated rings. The number of rotatable bonds is 7. The summed E-state index contributed by atoms with van der Waals surface area (Å²) in [5.41, 5.74) is 0.761. The van der Waals surface area contributed by atoms with Crippen LogP contribution in [0.15, 0.2) is 24.3 Å². The molecule has 0 unspecified atom stereocenters. The van der Waals surface area contributed by atoms with Gasteiger partial charge < -0.3 is 4.18 Å². The van der Waals surface area contributed by atoms with E-state index >= 15 is 0 Å². The molecule has 1 aromatic carbocycles. The molecule has 5 nitrogen and oxygen atoms in total. The third kappa shape index (κ3) is 3.95. The van der Waals surface area contributed by atoms with E-state index in [4.69, 9.17) is 0 Å². The van der Waals surface area contributed by atoms with E-state index in [0.29, 0.717) is 0 Å². The summed E-state index contributed by atoms with van der Waals surface area (Å²) in [7, 11) is -12.1. The number of hydrogen-bond acceptors (Lipinski definition) is 5. The van der Waals surface area contributed by atoms with Crippen molar-refractivity contribution in [1.29, 1.82) is 0 Å². The second kappa shape index (κ2) is 7.73. The van der Waals surface area contributed by atoms with Gasteiger partial charge in [0.15, 0.2) is 0 Å². The SMILES string of the molecule is O=[SH](=O)C(F)(F)C(F)(F)C(F)(F)S(=O)(=O)Oc1ccc(C2CCCCC2)cc1. The zero-order valence-corrected chi connectivity index (χ0v) is 15.8. The first kappa shape index (κ1) is 22.8. The first-order valence-corrected chi connectivity index (χ1v) is 10.6. The highest BCUT2D eigenvalue weighted by molar-refractivity contribution is 7.88. The lowest BCUT2D eigenvalue weighted by molar-refractivity contribution is -0.244. The maximum absolute atomic E-state index is 13.7. The quantitative estimate of drug-likeness (QED) is 0.385. The molecule has 1 saturated carbocycles. The summed E-state index contributed by atoms with van der Waals surface area (Å²) in [5.74, 6) is -7.39. The van der Waals surface area contributed by atoms with Crippen molar-refractivity contribution in [3.63, 3.8) is 0 Å². The molecule has 28 heavy (non-hydrogen) atoms. The summed E-state index contributed by atoms with van der Waals surface area (Å²) in [6, 6.07) is 4.59. The van der Waals surface area contributed by atoms with E-state index in [0.717, 1.165) is 49.8 Å². The summed E-state index contributed by atoms with van der Waals surface area (Å²) in [6.45, 7) is 0. The lowest BCUT2D eigenvalue weighted by atomic mass is 9.84. The van der Waals surface area contributed by atoms with Crippen molar-refractivity contribution in [2.75, 3.05) is 0 Å². The Bertz CT molecular complexity index is 867. The van der Waals surface area contributed by atoms with Gasteiger partial charge in [-0.25, -0.2) is 8.42 Å². The van der Waals surface area contributed by atoms with E-state index in [-0.39, 0.29) is 5.92 Å². The van der Waals surface area contributed by atoms with Crippen molar-refractivity contribution in [3.05, 3.63) is 29.8 Å². The summed E-state index contributed by atoms with van der Waals surface area (Å²) in [5, 5.41) is -12.8. The topological polar surface area (TPSA) is 77.5 Å². The van der Waals surface area contributed by atoms with E-state index in [9.17, 15) is 43.2 Å². The molecule has 160 valence electrons. The van der Waals surface area contributed by atoms with Crippen LogP contribution in [-0.2, 0) is 20.8 Å². The van der Waals surface area contributed by atoms with Gasteiger partial charge in [-0.1, -0.05) is 31.4 Å². The lowest BCUT2D eigenvalue weighted by Gasteiger charge is -2.28. The van der Waals surface area contributed by atoms with E-state index in [1.807, 2.05) is 0 Å². The van der Waals surface area contributed by atoms with Gasteiger partial charge in [0, 0.05) is 0 Å². The van der Waals surface area contributed by atoms with Crippen LogP contribution < -0.4 is 4.18 Å². The molecule has 0 aliphatic heterocycles. The first-order valence-electron chi connectivity index (χ1n) is 8.06. The van der Waals surface area contributed by atoms with Gasteiger partial charge in [-0.05, 0) is 36.5 Å². The predicted molar refractivity (Wildman–Crippen MR) is 87.0 cm³/mol. The number of thiol groups is 1. The standard InChI is InChI=1S/C15H16F6O5S2/c16-13(17,14(18,19)27(22)23)15(20,21)28(24,25)26-12-8-6-11(7-9-12)10-4-2-1-3-5-10/h6-10,27H,1-5H2. The molecule has 0 heterocycles. The second-order valence-electron chi connectivity index (χ2n) is 6.33. The van der Waals surface area contributed by atoms with Gasteiger partial charge in [-0.3, -0.25) is 0 Å². The van der Waals surface area contributed by atoms with Crippen molar-refractivity contribution in [2.24, 2.45) is 0 Å². The molecule has 0 bridgehead atoms. The van der Waals surface area contributed by atoms with Crippen molar-refractivity contribution in [2.45, 2.75) is 54.5 Å². The maximum atomic E-state index is 13.7. The van der Waals surface area contributed by atoms with Crippen molar-refractivity contribution < 1.29 is 47.4 Å². The molecular weight excluding hydrogens is 438 g/mol. The smallest absolute Gasteiger partial charge is 0.378 e. The van der Waals surface area contributed by atoms with Crippen molar-refractivity contribution in [1.82, 2.24) is 0 Å². The van der Waals surface area contributed by atoms with E-state index in [2.05, 4.69) is 4.18 Å². The molecule has 0 amide bonds. The molecule has 0 radical (unpaired) electrons. The molecule has 1 aliphatic rings. The Hall–Kier alpha value is -1.50. The Morgan fingerprint density at radius 3 is 1.86 bits per heavy atom. The van der Waals surface area contributed by atoms with Crippen molar-refractivity contribution in [3.8, 4) is 5.75 Å². The molecule has 0 atom stereocenters. The summed E-state index contributed by atoms with van der Waals surface area (Å²) in [6.07, 6.45) is 4.76. The van der Waals surface area contributed by atoms with Crippen molar-refractivity contribution >= 4 is 20.8 Å². The van der Waals surface area contributed by atoms with Gasteiger partial charge in [0.05, 0.1) is 0 Å². The fourth-order valence-corrected chi connectivity index (χ4v) is 4.21. The zero-order chi connectivity index (χ0) is 21.4. The Balaban J connectivity index is 2.26. The third-order valence-electron chi connectivity index (χ3n) is 4.45. The van der Waals surface area contributed by atoms with Crippen LogP contribution in [0.3, 0.4) is 0 Å². The molecule has 0 N–H and O–H groups in total.